The van der Waals surface area contributed by atoms with Gasteiger partial charge < -0.3 is 4.74 Å². The highest BCUT2D eigenvalue weighted by Crippen LogP contribution is 2.26. The predicted molar refractivity (Wildman–Crippen MR) is 112 cm³/mol. The van der Waals surface area contributed by atoms with E-state index in [1.165, 1.54) is 17.4 Å². The molecule has 3 aromatic rings. The molecule has 0 spiro atoms. The average molecular weight is 399 g/mol. The van der Waals surface area contributed by atoms with Gasteiger partial charge in [-0.25, -0.2) is 4.98 Å². The lowest BCUT2D eigenvalue weighted by molar-refractivity contribution is -0.111. The molecular formula is C21H19ClN2O2S. The molecule has 4 nitrogen and oxygen atoms in total. The number of hydrogen-bond donors (Lipinski definition) is 1. The van der Waals surface area contributed by atoms with Crippen molar-refractivity contribution in [1.29, 1.82) is 0 Å². The van der Waals surface area contributed by atoms with E-state index in [1.54, 1.807) is 18.2 Å². The molecule has 0 bridgehead atoms. The fourth-order valence-electron chi connectivity index (χ4n) is 2.37. The predicted octanol–water partition coefficient (Wildman–Crippen LogP) is 5.90. The number of rotatable bonds is 6. The Morgan fingerprint density at radius 1 is 1.22 bits per heavy atom. The van der Waals surface area contributed by atoms with Crippen LogP contribution in [0.4, 0.5) is 5.13 Å². The number of nitrogens with zero attached hydrogens (tertiary/aromatic N) is 1. The van der Waals surface area contributed by atoms with Crippen molar-refractivity contribution in [1.82, 2.24) is 4.98 Å². The number of amides is 1. The number of nitrogens with one attached hydrogen (secondary N) is 1. The standard InChI is InChI=1S/C21H19ClN2O2S/c1-14(2)26-18-9-7-16(8-10-18)19-13-27-21(23-19)24-20(25)11-6-15-4-3-5-17(22)12-15/h3-14H,1-2H3,(H,23,24,25)/b11-6+. The SMILES string of the molecule is CC(C)Oc1ccc(-c2csc(NC(=O)/C=C/c3cccc(Cl)c3)n2)cc1. The molecule has 3 rings (SSSR count). The summed E-state index contributed by atoms with van der Waals surface area (Å²) in [6, 6.07) is 15.0. The van der Waals surface area contributed by atoms with E-state index in [0.717, 1.165) is 22.6 Å². The second kappa shape index (κ2) is 8.84. The molecule has 0 aliphatic carbocycles. The normalized spacial score (nSPS) is 11.1. The molecule has 0 aliphatic rings. The molecule has 0 unspecified atom stereocenters. The van der Waals surface area contributed by atoms with Gasteiger partial charge in [0.1, 0.15) is 5.75 Å². The highest BCUT2D eigenvalue weighted by molar-refractivity contribution is 7.14. The highest BCUT2D eigenvalue weighted by atomic mass is 35.5. The zero-order chi connectivity index (χ0) is 19.2. The van der Waals surface area contributed by atoms with E-state index >= 15 is 0 Å². The number of anilines is 1. The van der Waals surface area contributed by atoms with Crippen LogP contribution >= 0.6 is 22.9 Å². The van der Waals surface area contributed by atoms with E-state index in [4.69, 9.17) is 16.3 Å². The summed E-state index contributed by atoms with van der Waals surface area (Å²) in [7, 11) is 0. The van der Waals surface area contributed by atoms with Crippen molar-refractivity contribution in [2.45, 2.75) is 20.0 Å². The lowest BCUT2D eigenvalue weighted by Crippen LogP contribution is -2.07. The van der Waals surface area contributed by atoms with Crippen LogP contribution in [0.2, 0.25) is 5.02 Å². The van der Waals surface area contributed by atoms with Crippen LogP contribution in [0.25, 0.3) is 17.3 Å². The number of thiazole rings is 1. The summed E-state index contributed by atoms with van der Waals surface area (Å²) in [5.41, 5.74) is 2.64. The lowest BCUT2D eigenvalue weighted by atomic mass is 10.2. The van der Waals surface area contributed by atoms with E-state index < -0.39 is 0 Å². The first-order chi connectivity index (χ1) is 13.0. The van der Waals surface area contributed by atoms with Gasteiger partial charge in [-0.3, -0.25) is 10.1 Å². The maximum Gasteiger partial charge on any atom is 0.250 e. The Balaban J connectivity index is 1.62. The molecule has 1 heterocycles. The third kappa shape index (κ3) is 5.67. The van der Waals surface area contributed by atoms with Crippen LogP contribution in [-0.2, 0) is 4.79 Å². The zero-order valence-corrected chi connectivity index (χ0v) is 16.6. The van der Waals surface area contributed by atoms with E-state index in [1.807, 2.05) is 55.6 Å². The minimum absolute atomic E-state index is 0.136. The molecule has 2 aromatic carbocycles. The number of carbonyl (C=O) groups is 1. The van der Waals surface area contributed by atoms with E-state index in [2.05, 4.69) is 10.3 Å². The lowest BCUT2D eigenvalue weighted by Gasteiger charge is -2.09. The molecule has 27 heavy (non-hydrogen) atoms. The maximum absolute atomic E-state index is 12.1. The van der Waals surface area contributed by atoms with Gasteiger partial charge in [0.15, 0.2) is 5.13 Å². The van der Waals surface area contributed by atoms with Crippen LogP contribution in [0.5, 0.6) is 5.75 Å². The number of aromatic nitrogens is 1. The van der Waals surface area contributed by atoms with Crippen molar-refractivity contribution in [2.75, 3.05) is 5.32 Å². The number of ether oxygens (including phenoxy) is 1. The van der Waals surface area contributed by atoms with Crippen LogP contribution in [0.1, 0.15) is 19.4 Å². The summed E-state index contributed by atoms with van der Waals surface area (Å²) in [6.45, 7) is 3.98. The van der Waals surface area contributed by atoms with E-state index in [-0.39, 0.29) is 12.0 Å². The maximum atomic E-state index is 12.1. The highest BCUT2D eigenvalue weighted by Gasteiger charge is 2.07. The van der Waals surface area contributed by atoms with Crippen LogP contribution in [0.3, 0.4) is 0 Å². The van der Waals surface area contributed by atoms with Crippen LogP contribution in [-0.4, -0.2) is 17.0 Å². The topological polar surface area (TPSA) is 51.2 Å². The molecule has 0 radical (unpaired) electrons. The summed E-state index contributed by atoms with van der Waals surface area (Å²) in [4.78, 5) is 16.6. The van der Waals surface area contributed by atoms with Gasteiger partial charge in [0.2, 0.25) is 5.91 Å². The van der Waals surface area contributed by atoms with Gasteiger partial charge in [0.05, 0.1) is 11.8 Å². The summed E-state index contributed by atoms with van der Waals surface area (Å²) in [5, 5.41) is 5.87. The van der Waals surface area contributed by atoms with Gasteiger partial charge in [-0.2, -0.15) is 0 Å². The minimum Gasteiger partial charge on any atom is -0.491 e. The zero-order valence-electron chi connectivity index (χ0n) is 15.0. The summed E-state index contributed by atoms with van der Waals surface area (Å²) in [6.07, 6.45) is 3.31. The smallest absolute Gasteiger partial charge is 0.250 e. The fraction of sp³-hybridized carbons (Fsp3) is 0.143. The number of halogens is 1. The molecule has 0 aliphatic heterocycles. The first-order valence-corrected chi connectivity index (χ1v) is 9.72. The van der Waals surface area contributed by atoms with Crippen LogP contribution < -0.4 is 10.1 Å². The second-order valence-corrected chi connectivity index (χ2v) is 7.40. The fourth-order valence-corrected chi connectivity index (χ4v) is 3.29. The first kappa shape index (κ1) is 19.1. The Bertz CT molecular complexity index is 949. The van der Waals surface area contributed by atoms with Crippen molar-refractivity contribution in [3.05, 3.63) is 70.6 Å². The van der Waals surface area contributed by atoms with Gasteiger partial charge in [0, 0.05) is 22.0 Å². The first-order valence-electron chi connectivity index (χ1n) is 8.47. The Kier molecular flexibility index (Phi) is 6.27. The summed E-state index contributed by atoms with van der Waals surface area (Å²) >= 11 is 7.32. The quantitative estimate of drug-likeness (QED) is 0.525. The largest absolute Gasteiger partial charge is 0.491 e. The van der Waals surface area contributed by atoms with Crippen molar-refractivity contribution in [3.8, 4) is 17.0 Å². The molecule has 138 valence electrons. The van der Waals surface area contributed by atoms with Gasteiger partial charge >= 0.3 is 0 Å². The average Bonchev–Trinajstić information content (AvgIpc) is 3.08. The Labute approximate surface area is 167 Å². The Hall–Kier alpha value is -2.63. The third-order valence-corrected chi connectivity index (χ3v) is 4.52. The molecule has 1 N–H and O–H groups in total. The van der Waals surface area contributed by atoms with Crippen molar-refractivity contribution < 1.29 is 9.53 Å². The summed E-state index contributed by atoms with van der Waals surface area (Å²) in [5.74, 6) is 0.584. The van der Waals surface area contributed by atoms with Gasteiger partial charge in [0.25, 0.3) is 0 Å². The van der Waals surface area contributed by atoms with E-state index in [9.17, 15) is 4.79 Å². The monoisotopic (exact) mass is 398 g/mol. The molecule has 1 aromatic heterocycles. The molecular weight excluding hydrogens is 380 g/mol. The van der Waals surface area contributed by atoms with Crippen molar-refractivity contribution >= 4 is 40.1 Å². The Morgan fingerprint density at radius 2 is 2.00 bits per heavy atom. The van der Waals surface area contributed by atoms with Crippen molar-refractivity contribution in [2.24, 2.45) is 0 Å². The van der Waals surface area contributed by atoms with Crippen LogP contribution in [0.15, 0.2) is 60.0 Å². The summed E-state index contributed by atoms with van der Waals surface area (Å²) < 4.78 is 5.64. The van der Waals surface area contributed by atoms with Crippen LogP contribution in [0, 0.1) is 0 Å². The minimum atomic E-state index is -0.239. The number of benzene rings is 2. The van der Waals surface area contributed by atoms with Gasteiger partial charge in [-0.05, 0) is 61.9 Å². The third-order valence-electron chi connectivity index (χ3n) is 3.53. The molecule has 0 fully saturated rings. The molecule has 6 heteroatoms. The second-order valence-electron chi connectivity index (χ2n) is 6.11. The van der Waals surface area contributed by atoms with E-state index in [0.29, 0.717) is 10.2 Å². The number of carbonyl (C=O) groups excluding carboxylic acids is 1. The number of hydrogen-bond acceptors (Lipinski definition) is 4. The molecule has 1 amide bonds. The van der Waals surface area contributed by atoms with Gasteiger partial charge in [-0.1, -0.05) is 23.7 Å². The van der Waals surface area contributed by atoms with Crippen molar-refractivity contribution in [3.63, 3.8) is 0 Å². The molecule has 0 saturated carbocycles. The molecule has 0 atom stereocenters. The molecule has 0 saturated heterocycles. The Morgan fingerprint density at radius 3 is 2.70 bits per heavy atom. The van der Waals surface area contributed by atoms with Gasteiger partial charge in [-0.15, -0.1) is 11.3 Å².